The maximum Gasteiger partial charge on any atom is 0.227 e. The Morgan fingerprint density at radius 3 is 2.96 bits per heavy atom. The molecule has 7 heteroatoms. The monoisotopic (exact) mass is 333 g/mol. The minimum Gasteiger partial charge on any atom is -0.472 e. The molecule has 1 atom stereocenters. The lowest BCUT2D eigenvalue weighted by molar-refractivity contribution is -0.133. The first-order valence-electron chi connectivity index (χ1n) is 7.76. The number of rotatable bonds is 4. The molecule has 1 aliphatic rings. The van der Waals surface area contributed by atoms with Crippen LogP contribution in [0.1, 0.15) is 18.4 Å². The summed E-state index contributed by atoms with van der Waals surface area (Å²) in [5.41, 5.74) is 0.195. The van der Waals surface area contributed by atoms with Gasteiger partial charge in [0.2, 0.25) is 11.8 Å². The lowest BCUT2D eigenvalue weighted by Crippen LogP contribution is -2.45. The van der Waals surface area contributed by atoms with Gasteiger partial charge in [0, 0.05) is 24.9 Å². The Bertz CT molecular complexity index is 712. The predicted octanol–water partition coefficient (Wildman–Crippen LogP) is 2.37. The highest BCUT2D eigenvalue weighted by Crippen LogP contribution is 2.18. The van der Waals surface area contributed by atoms with Gasteiger partial charge in [-0.25, -0.2) is 18.7 Å². The molecule has 1 aliphatic heterocycles. The van der Waals surface area contributed by atoms with E-state index in [1.54, 1.807) is 17.2 Å². The van der Waals surface area contributed by atoms with Crippen molar-refractivity contribution in [2.24, 2.45) is 0 Å². The summed E-state index contributed by atoms with van der Waals surface area (Å²) in [5.74, 6) is -1.08. The maximum absolute atomic E-state index is 13.7. The van der Waals surface area contributed by atoms with Gasteiger partial charge in [-0.05, 0) is 24.5 Å². The standard InChI is InChI=1S/C17H17F2N3O2/c18-13-4-3-12(15(19)9-13)8-17(23)22-7-1-2-14(10-22)24-16-5-6-20-11-21-16/h3-6,9,11,14H,1-2,7-8,10H2. The molecule has 1 fully saturated rings. The Morgan fingerprint density at radius 2 is 2.21 bits per heavy atom. The largest absolute Gasteiger partial charge is 0.472 e. The quantitative estimate of drug-likeness (QED) is 0.862. The Labute approximate surface area is 138 Å². The van der Waals surface area contributed by atoms with Gasteiger partial charge in [-0.1, -0.05) is 6.07 Å². The van der Waals surface area contributed by atoms with Crippen LogP contribution in [0.2, 0.25) is 0 Å². The van der Waals surface area contributed by atoms with Crippen molar-refractivity contribution in [3.8, 4) is 5.88 Å². The number of carbonyl (C=O) groups excluding carboxylic acids is 1. The maximum atomic E-state index is 13.7. The first-order chi connectivity index (χ1) is 11.6. The van der Waals surface area contributed by atoms with Crippen molar-refractivity contribution in [3.05, 3.63) is 54.0 Å². The molecule has 126 valence electrons. The molecule has 2 heterocycles. The zero-order chi connectivity index (χ0) is 16.9. The topological polar surface area (TPSA) is 55.3 Å². The van der Waals surface area contributed by atoms with Crippen LogP contribution in [0.3, 0.4) is 0 Å². The van der Waals surface area contributed by atoms with Crippen molar-refractivity contribution in [2.45, 2.75) is 25.4 Å². The average Bonchev–Trinajstić information content (AvgIpc) is 2.58. The van der Waals surface area contributed by atoms with Crippen LogP contribution in [0.5, 0.6) is 5.88 Å². The summed E-state index contributed by atoms with van der Waals surface area (Å²) in [4.78, 5) is 21.9. The Kier molecular flexibility index (Phi) is 4.98. The van der Waals surface area contributed by atoms with Crippen LogP contribution in [0.25, 0.3) is 0 Å². The molecular weight excluding hydrogens is 316 g/mol. The first kappa shape index (κ1) is 16.3. The number of aromatic nitrogens is 2. The third-order valence-corrected chi connectivity index (χ3v) is 3.93. The highest BCUT2D eigenvalue weighted by atomic mass is 19.1. The van der Waals surface area contributed by atoms with Crippen LogP contribution in [-0.4, -0.2) is 40.0 Å². The lowest BCUT2D eigenvalue weighted by atomic mass is 10.1. The number of likely N-dealkylation sites (tertiary alicyclic amines) is 1. The predicted molar refractivity (Wildman–Crippen MR) is 82.3 cm³/mol. The fourth-order valence-corrected chi connectivity index (χ4v) is 2.72. The number of halogens is 2. The summed E-state index contributed by atoms with van der Waals surface area (Å²) in [5, 5.41) is 0. The minimum absolute atomic E-state index is 0.0909. The van der Waals surface area contributed by atoms with Crippen LogP contribution >= 0.6 is 0 Å². The number of hydrogen-bond acceptors (Lipinski definition) is 4. The second-order valence-electron chi connectivity index (χ2n) is 5.68. The molecule has 5 nitrogen and oxygen atoms in total. The molecule has 3 rings (SSSR count). The summed E-state index contributed by atoms with van der Waals surface area (Å²) >= 11 is 0. The number of piperidine rings is 1. The normalized spacial score (nSPS) is 17.6. The van der Waals surface area contributed by atoms with Crippen LogP contribution < -0.4 is 4.74 Å². The second-order valence-corrected chi connectivity index (χ2v) is 5.68. The summed E-state index contributed by atoms with van der Waals surface area (Å²) in [6.45, 7) is 1.02. The van der Waals surface area contributed by atoms with E-state index in [1.165, 1.54) is 12.4 Å². The summed E-state index contributed by atoms with van der Waals surface area (Å²) in [6.07, 6.45) is 4.36. The van der Waals surface area contributed by atoms with E-state index in [2.05, 4.69) is 9.97 Å². The fourth-order valence-electron chi connectivity index (χ4n) is 2.72. The number of nitrogens with zero attached hydrogens (tertiary/aromatic N) is 3. The lowest BCUT2D eigenvalue weighted by Gasteiger charge is -2.32. The van der Waals surface area contributed by atoms with E-state index in [0.717, 1.165) is 25.0 Å². The summed E-state index contributed by atoms with van der Waals surface area (Å²) < 4.78 is 32.4. The third kappa shape index (κ3) is 4.04. The molecule has 1 aromatic carbocycles. The molecule has 1 amide bonds. The van der Waals surface area contributed by atoms with E-state index in [1.807, 2.05) is 0 Å². The van der Waals surface area contributed by atoms with Crippen molar-refractivity contribution >= 4 is 5.91 Å². The van der Waals surface area contributed by atoms with Gasteiger partial charge in [-0.2, -0.15) is 0 Å². The van der Waals surface area contributed by atoms with E-state index >= 15 is 0 Å². The number of ether oxygens (including phenoxy) is 1. The van der Waals surface area contributed by atoms with Gasteiger partial charge in [0.15, 0.2) is 0 Å². The Hall–Kier alpha value is -2.57. The van der Waals surface area contributed by atoms with Crippen molar-refractivity contribution < 1.29 is 18.3 Å². The fraction of sp³-hybridized carbons (Fsp3) is 0.353. The van der Waals surface area contributed by atoms with Gasteiger partial charge < -0.3 is 9.64 Å². The summed E-state index contributed by atoms with van der Waals surface area (Å²) in [7, 11) is 0. The second kappa shape index (κ2) is 7.33. The molecule has 0 saturated carbocycles. The highest BCUT2D eigenvalue weighted by molar-refractivity contribution is 5.79. The van der Waals surface area contributed by atoms with Gasteiger partial charge in [0.25, 0.3) is 0 Å². The Balaban J connectivity index is 1.60. The van der Waals surface area contributed by atoms with E-state index in [9.17, 15) is 13.6 Å². The molecule has 1 aromatic heterocycles. The van der Waals surface area contributed by atoms with E-state index in [0.29, 0.717) is 19.0 Å². The molecule has 0 radical (unpaired) electrons. The van der Waals surface area contributed by atoms with Crippen molar-refractivity contribution in [1.29, 1.82) is 0 Å². The summed E-state index contributed by atoms with van der Waals surface area (Å²) in [6, 6.07) is 4.92. The highest BCUT2D eigenvalue weighted by Gasteiger charge is 2.25. The zero-order valence-corrected chi connectivity index (χ0v) is 13.0. The number of hydrogen-bond donors (Lipinski definition) is 0. The minimum atomic E-state index is -0.700. The molecule has 1 saturated heterocycles. The van der Waals surface area contributed by atoms with E-state index < -0.39 is 11.6 Å². The third-order valence-electron chi connectivity index (χ3n) is 3.93. The molecule has 0 aliphatic carbocycles. The van der Waals surface area contributed by atoms with Gasteiger partial charge in [0.1, 0.15) is 24.1 Å². The SMILES string of the molecule is O=C(Cc1ccc(F)cc1F)N1CCCC(Oc2ccncn2)C1. The number of carbonyl (C=O) groups is 1. The molecule has 0 N–H and O–H groups in total. The van der Waals surface area contributed by atoms with Gasteiger partial charge >= 0.3 is 0 Å². The molecule has 1 unspecified atom stereocenters. The zero-order valence-electron chi connectivity index (χ0n) is 13.0. The van der Waals surface area contributed by atoms with Crippen LogP contribution in [0.4, 0.5) is 8.78 Å². The molecule has 0 spiro atoms. The van der Waals surface area contributed by atoms with Crippen molar-refractivity contribution in [2.75, 3.05) is 13.1 Å². The van der Waals surface area contributed by atoms with Gasteiger partial charge in [-0.15, -0.1) is 0 Å². The van der Waals surface area contributed by atoms with E-state index in [4.69, 9.17) is 4.74 Å². The molecular formula is C17H17F2N3O2. The molecule has 24 heavy (non-hydrogen) atoms. The van der Waals surface area contributed by atoms with E-state index in [-0.39, 0.29) is 24.0 Å². The number of benzene rings is 1. The van der Waals surface area contributed by atoms with Gasteiger partial charge in [0.05, 0.1) is 13.0 Å². The van der Waals surface area contributed by atoms with Crippen molar-refractivity contribution in [3.63, 3.8) is 0 Å². The average molecular weight is 333 g/mol. The Morgan fingerprint density at radius 1 is 1.33 bits per heavy atom. The van der Waals surface area contributed by atoms with Crippen LogP contribution in [0, 0.1) is 11.6 Å². The van der Waals surface area contributed by atoms with Crippen LogP contribution in [0.15, 0.2) is 36.8 Å². The van der Waals surface area contributed by atoms with Gasteiger partial charge in [-0.3, -0.25) is 4.79 Å². The van der Waals surface area contributed by atoms with Crippen molar-refractivity contribution in [1.82, 2.24) is 14.9 Å². The first-order valence-corrected chi connectivity index (χ1v) is 7.76. The molecule has 2 aromatic rings. The smallest absolute Gasteiger partial charge is 0.227 e. The number of amides is 1. The molecule has 0 bridgehead atoms. The van der Waals surface area contributed by atoms with Crippen LogP contribution in [-0.2, 0) is 11.2 Å².